The Hall–Kier alpha value is -3.03. The molecule has 4 rings (SSSR count). The summed E-state index contributed by atoms with van der Waals surface area (Å²) in [6.07, 6.45) is 4.96. The molecule has 1 aliphatic heterocycles. The third kappa shape index (κ3) is 4.38. The van der Waals surface area contributed by atoms with E-state index in [4.69, 9.17) is 10.2 Å². The minimum Gasteiger partial charge on any atom is -0.319 e. The minimum absolute atomic E-state index is 0.192. The molecule has 31 heavy (non-hydrogen) atoms. The van der Waals surface area contributed by atoms with Gasteiger partial charge in [0.1, 0.15) is 11.3 Å². The molecule has 1 saturated heterocycles. The standard InChI is InChI=1S/C24H27FN4O2/c1-16(2)28-13-5-8-19(15-28)29-21-10-4-9-20(25)23(21)26-24(29)18-7-3-6-17(14-18)11-12-22(30)27-31/h3-4,6-7,9-12,14,16,19,31H,5,8,13,15H2,1-2H3,(H,27,30)/t19-/m1/s1. The molecule has 1 amide bonds. The minimum atomic E-state index is -0.601. The van der Waals surface area contributed by atoms with Gasteiger partial charge in [0.15, 0.2) is 5.82 Å². The van der Waals surface area contributed by atoms with Crippen molar-refractivity contribution < 1.29 is 14.4 Å². The zero-order valence-electron chi connectivity index (χ0n) is 17.8. The lowest BCUT2D eigenvalue weighted by atomic mass is 10.0. The summed E-state index contributed by atoms with van der Waals surface area (Å²) in [7, 11) is 0. The lowest BCUT2D eigenvalue weighted by molar-refractivity contribution is -0.124. The molecule has 2 heterocycles. The average molecular weight is 423 g/mol. The molecule has 0 saturated carbocycles. The van der Waals surface area contributed by atoms with Gasteiger partial charge in [0.2, 0.25) is 0 Å². The van der Waals surface area contributed by atoms with Crippen LogP contribution in [-0.4, -0.2) is 44.7 Å². The van der Waals surface area contributed by atoms with Crippen LogP contribution >= 0.6 is 0 Å². The highest BCUT2D eigenvalue weighted by atomic mass is 19.1. The van der Waals surface area contributed by atoms with Crippen molar-refractivity contribution >= 4 is 23.0 Å². The molecule has 1 fully saturated rings. The fourth-order valence-electron chi connectivity index (χ4n) is 4.31. The van der Waals surface area contributed by atoms with Crippen molar-refractivity contribution in [3.8, 4) is 11.4 Å². The maximum atomic E-state index is 14.6. The average Bonchev–Trinajstić information content (AvgIpc) is 3.19. The molecule has 6 nitrogen and oxygen atoms in total. The molecule has 3 aromatic rings. The van der Waals surface area contributed by atoms with Gasteiger partial charge < -0.3 is 4.57 Å². The fourth-order valence-corrected chi connectivity index (χ4v) is 4.31. The van der Waals surface area contributed by atoms with Crippen molar-refractivity contribution in [2.75, 3.05) is 13.1 Å². The number of piperidine rings is 1. The van der Waals surface area contributed by atoms with E-state index >= 15 is 0 Å². The number of carbonyl (C=O) groups excluding carboxylic acids is 1. The van der Waals surface area contributed by atoms with E-state index in [0.29, 0.717) is 11.6 Å². The number of nitrogens with one attached hydrogen (secondary N) is 1. The first-order chi connectivity index (χ1) is 15.0. The number of amides is 1. The van der Waals surface area contributed by atoms with E-state index in [9.17, 15) is 9.18 Å². The molecule has 2 N–H and O–H groups in total. The van der Waals surface area contributed by atoms with Crippen LogP contribution in [0.4, 0.5) is 4.39 Å². The van der Waals surface area contributed by atoms with Crippen LogP contribution in [0.3, 0.4) is 0 Å². The Labute approximate surface area is 181 Å². The summed E-state index contributed by atoms with van der Waals surface area (Å²) >= 11 is 0. The number of hydrogen-bond acceptors (Lipinski definition) is 4. The van der Waals surface area contributed by atoms with Crippen molar-refractivity contribution in [1.82, 2.24) is 19.9 Å². The monoisotopic (exact) mass is 422 g/mol. The third-order valence-electron chi connectivity index (χ3n) is 5.88. The Bertz CT molecular complexity index is 1120. The first kappa shape index (κ1) is 21.2. The second kappa shape index (κ2) is 8.99. The zero-order chi connectivity index (χ0) is 22.0. The number of imidazole rings is 1. The molecule has 162 valence electrons. The number of hydrogen-bond donors (Lipinski definition) is 2. The summed E-state index contributed by atoms with van der Waals surface area (Å²) in [5, 5.41) is 8.69. The van der Waals surface area contributed by atoms with Crippen molar-refractivity contribution in [2.24, 2.45) is 0 Å². The Morgan fingerprint density at radius 1 is 1.29 bits per heavy atom. The van der Waals surface area contributed by atoms with Gasteiger partial charge in [0.05, 0.1) is 5.52 Å². The van der Waals surface area contributed by atoms with Gasteiger partial charge in [-0.2, -0.15) is 0 Å². The Morgan fingerprint density at radius 3 is 2.87 bits per heavy atom. The number of likely N-dealkylation sites (tertiary alicyclic amines) is 1. The maximum absolute atomic E-state index is 14.6. The van der Waals surface area contributed by atoms with Gasteiger partial charge >= 0.3 is 0 Å². The molecule has 1 aromatic heterocycles. The van der Waals surface area contributed by atoms with E-state index in [1.165, 1.54) is 12.1 Å². The fraction of sp³-hybridized carbons (Fsp3) is 0.333. The summed E-state index contributed by atoms with van der Waals surface area (Å²) < 4.78 is 16.8. The first-order valence-electron chi connectivity index (χ1n) is 10.6. The second-order valence-corrected chi connectivity index (χ2v) is 8.23. The molecule has 1 atom stereocenters. The lowest BCUT2D eigenvalue weighted by Gasteiger charge is -2.36. The van der Waals surface area contributed by atoms with Gasteiger partial charge in [-0.05, 0) is 63.1 Å². The summed E-state index contributed by atoms with van der Waals surface area (Å²) in [4.78, 5) is 18.5. The molecule has 0 radical (unpaired) electrons. The van der Waals surface area contributed by atoms with Gasteiger partial charge in [-0.15, -0.1) is 0 Å². The molecule has 1 aliphatic rings. The van der Waals surface area contributed by atoms with Gasteiger partial charge in [-0.3, -0.25) is 14.9 Å². The van der Waals surface area contributed by atoms with E-state index in [1.807, 2.05) is 30.3 Å². The molecular weight excluding hydrogens is 395 g/mol. The van der Waals surface area contributed by atoms with Gasteiger partial charge in [-0.1, -0.05) is 24.3 Å². The van der Waals surface area contributed by atoms with Crippen LogP contribution in [-0.2, 0) is 4.79 Å². The smallest absolute Gasteiger partial charge is 0.267 e. The van der Waals surface area contributed by atoms with Gasteiger partial charge in [-0.25, -0.2) is 14.9 Å². The van der Waals surface area contributed by atoms with Gasteiger partial charge in [0, 0.05) is 30.3 Å². The van der Waals surface area contributed by atoms with Crippen LogP contribution in [0.2, 0.25) is 0 Å². The van der Waals surface area contributed by atoms with Crippen molar-refractivity contribution in [2.45, 2.75) is 38.8 Å². The van der Waals surface area contributed by atoms with E-state index in [-0.39, 0.29) is 11.9 Å². The number of rotatable bonds is 5. The largest absolute Gasteiger partial charge is 0.319 e. The number of halogens is 1. The van der Waals surface area contributed by atoms with Crippen molar-refractivity contribution in [3.05, 3.63) is 59.9 Å². The normalized spacial score (nSPS) is 17.6. The quantitative estimate of drug-likeness (QED) is 0.363. The summed E-state index contributed by atoms with van der Waals surface area (Å²) in [6.45, 7) is 6.36. The summed E-state index contributed by atoms with van der Waals surface area (Å²) in [5.41, 5.74) is 4.39. The van der Waals surface area contributed by atoms with E-state index in [0.717, 1.165) is 48.4 Å². The Kier molecular flexibility index (Phi) is 6.15. The summed E-state index contributed by atoms with van der Waals surface area (Å²) in [5.74, 6) is -0.210. The highest BCUT2D eigenvalue weighted by Gasteiger charge is 2.27. The SMILES string of the molecule is CC(C)N1CCC[C@@H](n2c(-c3cccc(C=CC(=O)NO)c3)nc3c(F)cccc32)C1. The second-order valence-electron chi connectivity index (χ2n) is 8.23. The molecular formula is C24H27FN4O2. The highest BCUT2D eigenvalue weighted by molar-refractivity contribution is 5.91. The van der Waals surface area contributed by atoms with Crippen LogP contribution in [0, 0.1) is 5.82 Å². The van der Waals surface area contributed by atoms with E-state index < -0.39 is 5.91 Å². The predicted octanol–water partition coefficient (Wildman–Crippen LogP) is 4.41. The van der Waals surface area contributed by atoms with Crippen LogP contribution < -0.4 is 5.48 Å². The number of nitrogens with zero attached hydrogens (tertiary/aromatic N) is 3. The number of benzene rings is 2. The lowest BCUT2D eigenvalue weighted by Crippen LogP contribution is -2.40. The summed E-state index contributed by atoms with van der Waals surface area (Å²) in [6, 6.07) is 13.3. The molecule has 2 aromatic carbocycles. The van der Waals surface area contributed by atoms with Crippen LogP contribution in [0.25, 0.3) is 28.5 Å². The molecule has 0 unspecified atom stereocenters. The molecule has 0 spiro atoms. The first-order valence-corrected chi connectivity index (χ1v) is 10.6. The Balaban J connectivity index is 1.81. The topological polar surface area (TPSA) is 70.4 Å². The number of carbonyl (C=O) groups is 1. The van der Waals surface area contributed by atoms with Crippen LogP contribution in [0.5, 0.6) is 0 Å². The van der Waals surface area contributed by atoms with Crippen LogP contribution in [0.15, 0.2) is 48.5 Å². The zero-order valence-corrected chi connectivity index (χ0v) is 17.8. The van der Waals surface area contributed by atoms with Crippen molar-refractivity contribution in [3.63, 3.8) is 0 Å². The van der Waals surface area contributed by atoms with Crippen LogP contribution in [0.1, 0.15) is 38.3 Å². The third-order valence-corrected chi connectivity index (χ3v) is 5.88. The number of fused-ring (bicyclic) bond motifs is 1. The molecule has 0 bridgehead atoms. The Morgan fingerprint density at radius 2 is 2.10 bits per heavy atom. The number of aromatic nitrogens is 2. The molecule has 7 heteroatoms. The van der Waals surface area contributed by atoms with Crippen molar-refractivity contribution in [1.29, 1.82) is 0 Å². The number of para-hydroxylation sites is 1. The van der Waals surface area contributed by atoms with E-state index in [2.05, 4.69) is 23.3 Å². The number of hydroxylamine groups is 1. The molecule has 0 aliphatic carbocycles. The van der Waals surface area contributed by atoms with E-state index in [1.54, 1.807) is 17.6 Å². The maximum Gasteiger partial charge on any atom is 0.267 e. The van der Waals surface area contributed by atoms with Gasteiger partial charge in [0.25, 0.3) is 5.91 Å². The predicted molar refractivity (Wildman–Crippen MR) is 119 cm³/mol. The highest BCUT2D eigenvalue weighted by Crippen LogP contribution is 2.34.